The molecule has 0 saturated heterocycles. The highest BCUT2D eigenvalue weighted by Crippen LogP contribution is 2.12. The van der Waals surface area contributed by atoms with Crippen LogP contribution in [0.4, 0.5) is 0 Å². The maximum absolute atomic E-state index is 12.1. The lowest BCUT2D eigenvalue weighted by Crippen LogP contribution is -2.48. The van der Waals surface area contributed by atoms with Gasteiger partial charge >= 0.3 is 11.9 Å². The fourth-order valence-electron chi connectivity index (χ4n) is 4.37. The SMILES string of the molecule is CC(=O)[C@H](CCCCN)NN.CN[C@@H](Cc1ccc(O)cc1)C(=O)O.NCCCC[C@H](NN)C(=O)CN[C@@H](Cc1ccc(O)cc1)C(=O)O. The molecule has 0 saturated carbocycles. The molecule has 0 bridgehead atoms. The summed E-state index contributed by atoms with van der Waals surface area (Å²) in [5.41, 5.74) is 17.3. The molecule has 0 fully saturated rings. The van der Waals surface area contributed by atoms with Crippen molar-refractivity contribution >= 4 is 23.5 Å². The van der Waals surface area contributed by atoms with Crippen molar-refractivity contribution in [2.45, 2.75) is 82.5 Å². The van der Waals surface area contributed by atoms with Gasteiger partial charge in [-0.15, -0.1) is 0 Å². The molecule has 0 amide bonds. The van der Waals surface area contributed by atoms with Crippen LogP contribution in [0.3, 0.4) is 0 Å². The minimum absolute atomic E-state index is 0.0875. The summed E-state index contributed by atoms with van der Waals surface area (Å²) in [4.78, 5) is 45.0. The van der Waals surface area contributed by atoms with Gasteiger partial charge in [-0.05, 0) is 101 Å². The van der Waals surface area contributed by atoms with Crippen LogP contribution in [0.2, 0.25) is 0 Å². The number of phenols is 2. The van der Waals surface area contributed by atoms with Crippen molar-refractivity contribution in [2.24, 2.45) is 23.2 Å². The van der Waals surface area contributed by atoms with E-state index >= 15 is 0 Å². The van der Waals surface area contributed by atoms with Crippen LogP contribution in [0, 0.1) is 0 Å². The molecule has 0 aliphatic rings. The molecule has 276 valence electrons. The van der Waals surface area contributed by atoms with E-state index in [1.54, 1.807) is 43.4 Å². The van der Waals surface area contributed by atoms with E-state index in [0.29, 0.717) is 25.9 Å². The van der Waals surface area contributed by atoms with Crippen molar-refractivity contribution < 1.29 is 39.6 Å². The summed E-state index contributed by atoms with van der Waals surface area (Å²) in [6.45, 7) is 2.67. The lowest BCUT2D eigenvalue weighted by Gasteiger charge is -2.18. The minimum atomic E-state index is -1.05. The van der Waals surface area contributed by atoms with Gasteiger partial charge in [0.05, 0.1) is 18.6 Å². The van der Waals surface area contributed by atoms with E-state index in [-0.39, 0.29) is 42.1 Å². The molecule has 0 heterocycles. The first kappa shape index (κ1) is 45.0. The van der Waals surface area contributed by atoms with E-state index < -0.39 is 30.1 Å². The predicted molar refractivity (Wildman–Crippen MR) is 187 cm³/mol. The Bertz CT molecular complexity index is 1220. The summed E-state index contributed by atoms with van der Waals surface area (Å²) in [6.07, 6.45) is 5.43. The summed E-state index contributed by atoms with van der Waals surface area (Å²) < 4.78 is 0. The third kappa shape index (κ3) is 20.9. The van der Waals surface area contributed by atoms with E-state index in [2.05, 4.69) is 21.5 Å². The normalized spacial score (nSPS) is 13.0. The number of carboxylic acids is 2. The number of Topliss-reactive ketones (excluding diaryl/α,β-unsaturated/α-hetero) is 2. The third-order valence-corrected chi connectivity index (χ3v) is 7.40. The maximum atomic E-state index is 12.1. The first-order valence-electron chi connectivity index (χ1n) is 16.1. The second kappa shape index (κ2) is 26.9. The standard InChI is InChI=1S/C16H26N4O4.C10H13NO3.C7H17N3O/c17-8-2-1-3-13(20-18)15(22)10-19-14(16(23)24)9-11-4-6-12(21)7-5-11;1-11-9(10(13)14)6-7-2-4-8(12)5-3-7;1-6(11)7(10-9)4-2-3-5-8/h4-7,13-14,19-21H,1-3,8-10,17-18H2,(H,23,24);2-5,9,11-12H,6H2,1H3,(H,13,14);7,10H,2-5,8-9H2,1H3/t13-,14-;9-;7-/m000/s1. The topological polar surface area (TPSA) is 301 Å². The number of carbonyl (C=O) groups excluding carboxylic acids is 2. The number of nitrogens with one attached hydrogen (secondary N) is 4. The summed E-state index contributed by atoms with van der Waals surface area (Å²) in [5, 5.41) is 41.8. The number of benzene rings is 2. The first-order chi connectivity index (χ1) is 23.3. The number of rotatable bonds is 22. The van der Waals surface area contributed by atoms with Gasteiger partial charge in [-0.2, -0.15) is 0 Å². The number of ketones is 2. The summed E-state index contributed by atoms with van der Waals surface area (Å²) in [5.74, 6) is 8.82. The first-order valence-corrected chi connectivity index (χ1v) is 16.1. The quantitative estimate of drug-likeness (QED) is 0.0426. The van der Waals surface area contributed by atoms with E-state index in [0.717, 1.165) is 43.2 Å². The molecule has 0 aliphatic heterocycles. The Morgan fingerprint density at radius 1 is 0.653 bits per heavy atom. The second-order valence-corrected chi connectivity index (χ2v) is 11.3. The summed E-state index contributed by atoms with van der Waals surface area (Å²) >= 11 is 0. The smallest absolute Gasteiger partial charge is 0.321 e. The van der Waals surface area contributed by atoms with Crippen LogP contribution in [-0.4, -0.2) is 94.8 Å². The molecule has 2 aromatic rings. The molecule has 0 unspecified atom stereocenters. The van der Waals surface area contributed by atoms with Crippen LogP contribution in [0.1, 0.15) is 56.6 Å². The van der Waals surface area contributed by atoms with Gasteiger partial charge in [0.2, 0.25) is 0 Å². The van der Waals surface area contributed by atoms with Crippen LogP contribution in [0.5, 0.6) is 11.5 Å². The molecule has 4 atom stereocenters. The lowest BCUT2D eigenvalue weighted by atomic mass is 10.0. The molecule has 16 N–H and O–H groups in total. The molecule has 0 aliphatic carbocycles. The van der Waals surface area contributed by atoms with E-state index in [1.165, 1.54) is 19.1 Å². The molecule has 2 rings (SSSR count). The van der Waals surface area contributed by atoms with Crippen molar-refractivity contribution in [1.82, 2.24) is 21.5 Å². The zero-order valence-electron chi connectivity index (χ0n) is 28.4. The van der Waals surface area contributed by atoms with Crippen LogP contribution in [0.25, 0.3) is 0 Å². The average Bonchev–Trinajstić information content (AvgIpc) is 3.07. The van der Waals surface area contributed by atoms with E-state index in [9.17, 15) is 29.4 Å². The number of hydrazine groups is 2. The van der Waals surface area contributed by atoms with Crippen molar-refractivity contribution in [1.29, 1.82) is 0 Å². The maximum Gasteiger partial charge on any atom is 0.321 e. The molecule has 16 heteroatoms. The van der Waals surface area contributed by atoms with E-state index in [1.807, 2.05) is 0 Å². The predicted octanol–water partition coefficient (Wildman–Crippen LogP) is -0.349. The van der Waals surface area contributed by atoms with Gasteiger partial charge < -0.3 is 37.2 Å². The number of likely N-dealkylation sites (N-methyl/N-ethyl adjacent to an activating group) is 1. The number of hydrogen-bond donors (Lipinski definition) is 12. The number of carbonyl (C=O) groups is 4. The second-order valence-electron chi connectivity index (χ2n) is 11.3. The van der Waals surface area contributed by atoms with Crippen molar-refractivity contribution in [3.63, 3.8) is 0 Å². The molecule has 16 nitrogen and oxygen atoms in total. The lowest BCUT2D eigenvalue weighted by molar-refractivity contribution is -0.140. The highest BCUT2D eigenvalue weighted by Gasteiger charge is 2.22. The monoisotopic (exact) mass is 692 g/mol. The van der Waals surface area contributed by atoms with Crippen LogP contribution >= 0.6 is 0 Å². The van der Waals surface area contributed by atoms with Gasteiger partial charge in [-0.3, -0.25) is 36.2 Å². The van der Waals surface area contributed by atoms with Crippen molar-refractivity contribution in [3.8, 4) is 11.5 Å². The van der Waals surface area contributed by atoms with Crippen molar-refractivity contribution in [2.75, 3.05) is 26.7 Å². The Balaban J connectivity index is 0.000000779. The molecule has 0 radical (unpaired) electrons. The Morgan fingerprint density at radius 3 is 1.41 bits per heavy atom. The van der Waals surface area contributed by atoms with E-state index in [4.69, 9.17) is 33.4 Å². The van der Waals surface area contributed by atoms with Crippen LogP contribution in [-0.2, 0) is 32.0 Å². The Kier molecular flexibility index (Phi) is 24.7. The van der Waals surface area contributed by atoms with Gasteiger partial charge in [0.25, 0.3) is 0 Å². The van der Waals surface area contributed by atoms with Crippen LogP contribution in [0.15, 0.2) is 48.5 Å². The van der Waals surface area contributed by atoms with Gasteiger partial charge in [-0.1, -0.05) is 37.1 Å². The van der Waals surface area contributed by atoms with Gasteiger partial charge in [-0.25, -0.2) is 10.9 Å². The number of nitrogens with two attached hydrogens (primary N) is 4. The molecular weight excluding hydrogens is 636 g/mol. The number of aromatic hydroxyl groups is 2. The molecule has 49 heavy (non-hydrogen) atoms. The summed E-state index contributed by atoms with van der Waals surface area (Å²) in [7, 11) is 1.61. The van der Waals surface area contributed by atoms with Gasteiger partial charge in [0.1, 0.15) is 29.4 Å². The highest BCUT2D eigenvalue weighted by atomic mass is 16.4. The minimum Gasteiger partial charge on any atom is -0.508 e. The number of aliphatic carboxylic acids is 2. The van der Waals surface area contributed by atoms with Gasteiger partial charge in [0.15, 0.2) is 5.78 Å². The molecular formula is C33H56N8O8. The fourth-order valence-corrected chi connectivity index (χ4v) is 4.37. The zero-order valence-corrected chi connectivity index (χ0v) is 28.4. The third-order valence-electron chi connectivity index (χ3n) is 7.40. The Labute approximate surface area is 287 Å². The average molecular weight is 693 g/mol. The Hall–Kier alpha value is -4.00. The molecule has 0 spiro atoms. The van der Waals surface area contributed by atoms with Crippen LogP contribution < -0.4 is 44.6 Å². The zero-order chi connectivity index (χ0) is 37.2. The summed E-state index contributed by atoms with van der Waals surface area (Å²) in [6, 6.07) is 10.6. The number of carboxylic acid groups (broad SMARTS) is 2. The fraction of sp³-hybridized carbons (Fsp3) is 0.515. The highest BCUT2D eigenvalue weighted by molar-refractivity contribution is 5.86. The number of phenolic OH excluding ortho intramolecular Hbond substituents is 2. The Morgan fingerprint density at radius 2 is 1.06 bits per heavy atom. The van der Waals surface area contributed by atoms with Gasteiger partial charge in [0, 0.05) is 0 Å². The number of hydrogen-bond acceptors (Lipinski definition) is 14. The molecule has 0 aromatic heterocycles. The largest absolute Gasteiger partial charge is 0.508 e. The molecule has 2 aromatic carbocycles. The number of unbranched alkanes of at least 4 members (excludes halogenated alkanes) is 2. The van der Waals surface area contributed by atoms with Crippen molar-refractivity contribution in [3.05, 3.63) is 59.7 Å².